The van der Waals surface area contributed by atoms with Crippen LogP contribution >= 0.6 is 24.4 Å². The van der Waals surface area contributed by atoms with Gasteiger partial charge in [0.2, 0.25) is 0 Å². The Hall–Kier alpha value is -2.76. The van der Waals surface area contributed by atoms with Crippen LogP contribution in [-0.2, 0) is 14.3 Å². The fraction of sp³-hybridized carbons (Fsp3) is 0.0833. The molecule has 0 aliphatic heterocycles. The topological polar surface area (TPSA) is 43.4 Å². The van der Waals surface area contributed by atoms with E-state index in [0.29, 0.717) is 5.56 Å². The lowest BCUT2D eigenvalue weighted by molar-refractivity contribution is -0.157. The van der Waals surface area contributed by atoms with Crippen molar-refractivity contribution in [2.24, 2.45) is 0 Å². The molecule has 0 aliphatic rings. The van der Waals surface area contributed by atoms with Gasteiger partial charge >= 0.3 is 11.9 Å². The minimum atomic E-state index is -0.811. The third kappa shape index (κ3) is 4.63. The first-order valence-electron chi connectivity index (χ1n) is 9.13. The van der Waals surface area contributed by atoms with E-state index in [0.717, 1.165) is 26.4 Å². The number of hydrogen-bond acceptors (Lipinski definition) is 5. The predicted molar refractivity (Wildman–Crippen MR) is 121 cm³/mol. The van der Waals surface area contributed by atoms with Gasteiger partial charge in [0.25, 0.3) is 0 Å². The van der Waals surface area contributed by atoms with E-state index in [4.69, 9.17) is 4.74 Å². The molecule has 0 aromatic heterocycles. The Kier molecular flexibility index (Phi) is 5.88. The van der Waals surface area contributed by atoms with Gasteiger partial charge in [-0.3, -0.25) is 4.79 Å². The van der Waals surface area contributed by atoms with E-state index < -0.39 is 17.2 Å². The van der Waals surface area contributed by atoms with Crippen LogP contribution in [0.1, 0.15) is 10.8 Å². The standard InChI is InChI=1S/C24H18O3S2/c25-22(15-29-21-12-11-17-6-2-4-8-19(17)14-21)27-24(26)23(28)20-10-9-16-5-1-3-7-18(16)13-20/h1-14,23,28H,15H2. The Bertz CT molecular complexity index is 1200. The van der Waals surface area contributed by atoms with Crippen molar-refractivity contribution in [2.75, 3.05) is 5.75 Å². The van der Waals surface area contributed by atoms with Crippen LogP contribution < -0.4 is 0 Å². The normalized spacial score (nSPS) is 12.0. The highest BCUT2D eigenvalue weighted by Gasteiger charge is 2.21. The van der Waals surface area contributed by atoms with Crippen molar-refractivity contribution in [1.82, 2.24) is 0 Å². The first-order valence-corrected chi connectivity index (χ1v) is 10.6. The SMILES string of the molecule is O=C(CSc1ccc2ccccc2c1)OC(=O)C(S)c1ccc2ccccc2c1. The van der Waals surface area contributed by atoms with Crippen LogP contribution in [0, 0.1) is 0 Å². The number of thioether (sulfide) groups is 1. The smallest absolute Gasteiger partial charge is 0.331 e. The number of thiol groups is 1. The van der Waals surface area contributed by atoms with E-state index in [1.54, 1.807) is 0 Å². The van der Waals surface area contributed by atoms with E-state index in [-0.39, 0.29) is 5.75 Å². The number of rotatable bonds is 5. The summed E-state index contributed by atoms with van der Waals surface area (Å²) in [6, 6.07) is 27.5. The van der Waals surface area contributed by atoms with Crippen molar-refractivity contribution in [3.05, 3.63) is 90.5 Å². The molecule has 0 saturated heterocycles. The van der Waals surface area contributed by atoms with Crippen molar-refractivity contribution < 1.29 is 14.3 Å². The average Bonchev–Trinajstić information content (AvgIpc) is 2.76. The Balaban J connectivity index is 1.37. The molecule has 4 rings (SSSR count). The summed E-state index contributed by atoms with van der Waals surface area (Å²) in [6.45, 7) is 0. The van der Waals surface area contributed by atoms with Crippen LogP contribution in [0.5, 0.6) is 0 Å². The molecule has 0 bridgehead atoms. The lowest BCUT2D eigenvalue weighted by atomic mass is 10.1. The maximum atomic E-state index is 12.3. The number of hydrogen-bond donors (Lipinski definition) is 1. The quantitative estimate of drug-likeness (QED) is 0.192. The zero-order valence-electron chi connectivity index (χ0n) is 15.4. The molecule has 0 fully saturated rings. The highest BCUT2D eigenvalue weighted by molar-refractivity contribution is 8.00. The minimum absolute atomic E-state index is 0.0578. The van der Waals surface area contributed by atoms with E-state index in [1.807, 2.05) is 84.9 Å². The molecule has 29 heavy (non-hydrogen) atoms. The predicted octanol–water partition coefficient (Wildman–Crippen LogP) is 5.83. The molecule has 1 atom stereocenters. The van der Waals surface area contributed by atoms with Crippen molar-refractivity contribution in [2.45, 2.75) is 10.1 Å². The molecule has 3 nitrogen and oxygen atoms in total. The molecule has 0 aliphatic carbocycles. The van der Waals surface area contributed by atoms with Crippen molar-refractivity contribution in [1.29, 1.82) is 0 Å². The van der Waals surface area contributed by atoms with Gasteiger partial charge in [-0.2, -0.15) is 12.6 Å². The third-order valence-electron chi connectivity index (χ3n) is 4.60. The van der Waals surface area contributed by atoms with E-state index in [2.05, 4.69) is 12.6 Å². The zero-order chi connectivity index (χ0) is 20.2. The zero-order valence-corrected chi connectivity index (χ0v) is 17.2. The summed E-state index contributed by atoms with van der Waals surface area (Å²) in [7, 11) is 0. The summed E-state index contributed by atoms with van der Waals surface area (Å²) in [6.07, 6.45) is 0. The summed E-state index contributed by atoms with van der Waals surface area (Å²) in [4.78, 5) is 25.4. The number of benzene rings is 4. The van der Waals surface area contributed by atoms with Gasteiger partial charge < -0.3 is 4.74 Å². The van der Waals surface area contributed by atoms with E-state index in [1.165, 1.54) is 11.8 Å². The molecule has 0 amide bonds. The number of carbonyl (C=O) groups is 2. The molecule has 0 saturated carbocycles. The number of esters is 2. The second-order valence-corrected chi connectivity index (χ2v) is 8.17. The molecule has 0 radical (unpaired) electrons. The molecule has 5 heteroatoms. The fourth-order valence-electron chi connectivity index (χ4n) is 3.11. The Morgan fingerprint density at radius 3 is 2.07 bits per heavy atom. The molecule has 4 aromatic carbocycles. The highest BCUT2D eigenvalue weighted by Crippen LogP contribution is 2.27. The Labute approximate surface area is 178 Å². The van der Waals surface area contributed by atoms with Crippen molar-refractivity contribution in [3.63, 3.8) is 0 Å². The summed E-state index contributed by atoms with van der Waals surface area (Å²) in [5.74, 6) is -1.18. The van der Waals surface area contributed by atoms with Crippen molar-refractivity contribution in [3.8, 4) is 0 Å². The fourth-order valence-corrected chi connectivity index (χ4v) is 4.04. The van der Waals surface area contributed by atoms with Crippen LogP contribution in [0.3, 0.4) is 0 Å². The lowest BCUT2D eigenvalue weighted by Crippen LogP contribution is -2.18. The summed E-state index contributed by atoms with van der Waals surface area (Å²) in [5.41, 5.74) is 0.701. The monoisotopic (exact) mass is 418 g/mol. The van der Waals surface area contributed by atoms with Crippen molar-refractivity contribution >= 4 is 57.9 Å². The first-order chi connectivity index (χ1) is 14.1. The third-order valence-corrected chi connectivity index (χ3v) is 6.08. The molecule has 0 spiro atoms. The number of ether oxygens (including phenoxy) is 1. The van der Waals surface area contributed by atoms with Gasteiger partial charge in [0, 0.05) is 4.90 Å². The van der Waals surface area contributed by atoms with Gasteiger partial charge in [0.05, 0.1) is 5.75 Å². The minimum Gasteiger partial charge on any atom is -0.391 e. The molecule has 0 heterocycles. The van der Waals surface area contributed by atoms with Gasteiger partial charge in [-0.15, -0.1) is 11.8 Å². The van der Waals surface area contributed by atoms with Crippen LogP contribution in [0.4, 0.5) is 0 Å². The summed E-state index contributed by atoms with van der Waals surface area (Å²) >= 11 is 5.70. The van der Waals surface area contributed by atoms with Gasteiger partial charge in [0.15, 0.2) is 0 Å². The van der Waals surface area contributed by atoms with Crippen LogP contribution in [-0.4, -0.2) is 17.7 Å². The van der Waals surface area contributed by atoms with Crippen LogP contribution in [0.15, 0.2) is 89.8 Å². The molecule has 1 unspecified atom stereocenters. The molecule has 0 N–H and O–H groups in total. The second-order valence-electron chi connectivity index (χ2n) is 6.60. The maximum Gasteiger partial charge on any atom is 0.331 e. The average molecular weight is 419 g/mol. The Morgan fingerprint density at radius 2 is 1.38 bits per heavy atom. The summed E-state index contributed by atoms with van der Waals surface area (Å²) in [5, 5.41) is 3.52. The maximum absolute atomic E-state index is 12.3. The van der Waals surface area contributed by atoms with Crippen LogP contribution in [0.2, 0.25) is 0 Å². The molecule has 4 aromatic rings. The highest BCUT2D eigenvalue weighted by atomic mass is 32.2. The van der Waals surface area contributed by atoms with Crippen LogP contribution in [0.25, 0.3) is 21.5 Å². The van der Waals surface area contributed by atoms with Gasteiger partial charge in [-0.05, 0) is 45.3 Å². The van der Waals surface area contributed by atoms with Gasteiger partial charge in [-0.25, -0.2) is 4.79 Å². The van der Waals surface area contributed by atoms with E-state index in [9.17, 15) is 9.59 Å². The van der Waals surface area contributed by atoms with E-state index >= 15 is 0 Å². The van der Waals surface area contributed by atoms with Gasteiger partial charge in [0.1, 0.15) is 5.25 Å². The first kappa shape index (κ1) is 19.6. The molecular formula is C24H18O3S2. The lowest BCUT2D eigenvalue weighted by Gasteiger charge is -2.11. The Morgan fingerprint density at radius 1 is 0.793 bits per heavy atom. The van der Waals surface area contributed by atoms with Gasteiger partial charge in [-0.1, -0.05) is 66.7 Å². The molecule has 144 valence electrons. The molecular weight excluding hydrogens is 400 g/mol. The number of carbonyl (C=O) groups excluding carboxylic acids is 2. The second kappa shape index (κ2) is 8.72. The summed E-state index contributed by atoms with van der Waals surface area (Å²) < 4.78 is 5.01. The largest absolute Gasteiger partial charge is 0.391 e. The number of fused-ring (bicyclic) bond motifs is 2.